The van der Waals surface area contributed by atoms with Crippen molar-refractivity contribution in [2.45, 2.75) is 19.0 Å². The Bertz CT molecular complexity index is 1540. The van der Waals surface area contributed by atoms with Gasteiger partial charge in [0.05, 0.1) is 17.3 Å². The number of carbonyl (C=O) groups excluding carboxylic acids is 1. The molecular formula is C29H26N4O5S. The first-order chi connectivity index (χ1) is 18.9. The number of carbonyl (C=O) groups is 2. The maximum Gasteiger partial charge on any atom is 0.335 e. The van der Waals surface area contributed by atoms with E-state index in [1.807, 2.05) is 60.4 Å². The molecule has 1 aliphatic rings. The van der Waals surface area contributed by atoms with Gasteiger partial charge in [-0.3, -0.25) is 9.78 Å². The summed E-state index contributed by atoms with van der Waals surface area (Å²) in [5.41, 5.74) is 3.96. The van der Waals surface area contributed by atoms with E-state index in [1.165, 1.54) is 13.2 Å². The Kier molecular flexibility index (Phi) is 7.40. The van der Waals surface area contributed by atoms with Gasteiger partial charge in [-0.25, -0.2) is 4.79 Å². The summed E-state index contributed by atoms with van der Waals surface area (Å²) < 4.78 is 11.3. The molecule has 1 saturated heterocycles. The molecule has 1 amide bonds. The predicted molar refractivity (Wildman–Crippen MR) is 151 cm³/mol. The van der Waals surface area contributed by atoms with Crippen LogP contribution in [-0.4, -0.2) is 40.8 Å². The van der Waals surface area contributed by atoms with E-state index in [0.717, 1.165) is 16.9 Å². The molecule has 0 bridgehead atoms. The fourth-order valence-corrected chi connectivity index (χ4v) is 5.00. The normalized spacial score (nSPS) is 16.7. The number of furan rings is 1. The molecule has 10 heteroatoms. The number of thiocarbonyl (C=S) groups is 1. The third-order valence-electron chi connectivity index (χ3n) is 6.45. The number of hydrogen-bond donors (Lipinski definition) is 3. The molecule has 198 valence electrons. The molecule has 0 aliphatic carbocycles. The van der Waals surface area contributed by atoms with Gasteiger partial charge in [-0.1, -0.05) is 18.2 Å². The van der Waals surface area contributed by atoms with E-state index in [-0.39, 0.29) is 24.1 Å². The van der Waals surface area contributed by atoms with Gasteiger partial charge in [0.25, 0.3) is 0 Å². The third-order valence-corrected chi connectivity index (χ3v) is 6.76. The monoisotopic (exact) mass is 542 g/mol. The summed E-state index contributed by atoms with van der Waals surface area (Å²) in [5.74, 6) is -0.0793. The Labute approximate surface area is 230 Å². The molecule has 5 rings (SSSR count). The van der Waals surface area contributed by atoms with E-state index >= 15 is 0 Å². The van der Waals surface area contributed by atoms with Gasteiger partial charge in [0.1, 0.15) is 24.2 Å². The molecule has 0 unspecified atom stereocenters. The van der Waals surface area contributed by atoms with Gasteiger partial charge in [-0.15, -0.1) is 0 Å². The van der Waals surface area contributed by atoms with E-state index in [1.54, 1.807) is 24.4 Å². The number of amides is 1. The molecular weight excluding hydrogens is 516 g/mol. The highest BCUT2D eigenvalue weighted by atomic mass is 32.1. The van der Waals surface area contributed by atoms with Crippen LogP contribution < -0.4 is 15.5 Å². The molecule has 2 atom stereocenters. The van der Waals surface area contributed by atoms with Crippen molar-refractivity contribution < 1.29 is 23.8 Å². The van der Waals surface area contributed by atoms with Crippen molar-refractivity contribution in [1.82, 2.24) is 10.3 Å². The first-order valence-corrected chi connectivity index (χ1v) is 12.6. The molecule has 3 N–H and O–H groups in total. The fraction of sp³-hybridized carbons (Fsp3) is 0.172. The summed E-state index contributed by atoms with van der Waals surface area (Å²) in [6, 6.07) is 21.0. The first kappa shape index (κ1) is 26.1. The molecule has 9 nitrogen and oxygen atoms in total. The lowest BCUT2D eigenvalue weighted by molar-refractivity contribution is -0.119. The lowest BCUT2D eigenvalue weighted by Gasteiger charge is -2.26. The Morgan fingerprint density at radius 1 is 1.13 bits per heavy atom. The molecule has 0 saturated carbocycles. The van der Waals surface area contributed by atoms with Crippen LogP contribution in [0, 0.1) is 6.92 Å². The van der Waals surface area contributed by atoms with Crippen LogP contribution in [0.4, 0.5) is 11.4 Å². The average molecular weight is 543 g/mol. The number of hydrogen-bond acceptors (Lipinski definition) is 6. The number of aromatic carboxylic acids is 1. The molecule has 4 aromatic rings. The van der Waals surface area contributed by atoms with Crippen molar-refractivity contribution in [1.29, 1.82) is 0 Å². The van der Waals surface area contributed by atoms with Crippen molar-refractivity contribution in [3.63, 3.8) is 0 Å². The Morgan fingerprint density at radius 3 is 2.69 bits per heavy atom. The Morgan fingerprint density at radius 2 is 1.97 bits per heavy atom. The van der Waals surface area contributed by atoms with Crippen molar-refractivity contribution in [2.24, 2.45) is 0 Å². The van der Waals surface area contributed by atoms with Crippen molar-refractivity contribution >= 4 is 40.6 Å². The summed E-state index contributed by atoms with van der Waals surface area (Å²) in [4.78, 5) is 30.1. The molecule has 0 radical (unpaired) electrons. The number of methoxy groups -OCH3 is 1. The lowest BCUT2D eigenvalue weighted by atomic mass is 10.0. The number of carboxylic acid groups (broad SMARTS) is 1. The van der Waals surface area contributed by atoms with Gasteiger partial charge >= 0.3 is 5.97 Å². The number of pyridine rings is 1. The van der Waals surface area contributed by atoms with Crippen molar-refractivity contribution in [3.05, 3.63) is 102 Å². The number of nitrogens with one attached hydrogen (secondary N) is 2. The lowest BCUT2D eigenvalue weighted by Crippen LogP contribution is -2.29. The molecule has 39 heavy (non-hydrogen) atoms. The van der Waals surface area contributed by atoms with Gasteiger partial charge in [0, 0.05) is 30.2 Å². The predicted octanol–water partition coefficient (Wildman–Crippen LogP) is 5.11. The highest BCUT2D eigenvalue weighted by Crippen LogP contribution is 2.43. The second kappa shape index (κ2) is 11.1. The minimum atomic E-state index is -1.01. The molecule has 1 aliphatic heterocycles. The summed E-state index contributed by atoms with van der Waals surface area (Å²) in [5, 5.41) is 16.1. The largest absolute Gasteiger partial charge is 0.478 e. The van der Waals surface area contributed by atoms with Gasteiger partial charge in [-0.05, 0) is 79.3 Å². The van der Waals surface area contributed by atoms with Gasteiger partial charge in [0.2, 0.25) is 5.91 Å². The van der Waals surface area contributed by atoms with Crippen molar-refractivity contribution in [2.75, 3.05) is 23.9 Å². The van der Waals surface area contributed by atoms with E-state index in [0.29, 0.717) is 27.9 Å². The molecule has 3 heterocycles. The number of anilines is 2. The molecule has 2 aromatic heterocycles. The topological polar surface area (TPSA) is 117 Å². The highest BCUT2D eigenvalue weighted by Gasteiger charge is 2.42. The van der Waals surface area contributed by atoms with Gasteiger partial charge in [-0.2, -0.15) is 0 Å². The minimum Gasteiger partial charge on any atom is -0.478 e. The van der Waals surface area contributed by atoms with E-state index in [9.17, 15) is 14.7 Å². The zero-order chi connectivity index (χ0) is 27.5. The highest BCUT2D eigenvalue weighted by molar-refractivity contribution is 7.80. The van der Waals surface area contributed by atoms with Gasteiger partial charge < -0.3 is 29.8 Å². The fourth-order valence-electron chi connectivity index (χ4n) is 4.65. The quantitative estimate of drug-likeness (QED) is 0.261. The summed E-state index contributed by atoms with van der Waals surface area (Å²) in [6.45, 7) is 1.87. The van der Waals surface area contributed by atoms with Crippen LogP contribution in [0.25, 0.3) is 11.3 Å². The number of benzene rings is 2. The van der Waals surface area contributed by atoms with Crippen LogP contribution in [-0.2, 0) is 9.53 Å². The first-order valence-electron chi connectivity index (χ1n) is 12.2. The van der Waals surface area contributed by atoms with E-state index in [4.69, 9.17) is 21.4 Å². The third kappa shape index (κ3) is 5.38. The average Bonchev–Trinajstić information content (AvgIpc) is 3.55. The number of ether oxygens (including phenoxy) is 1. The van der Waals surface area contributed by atoms with Crippen LogP contribution in [0.3, 0.4) is 0 Å². The number of carboxylic acids is 1. The maximum atomic E-state index is 12.0. The number of aryl methyl sites for hydroxylation is 1. The number of nitrogens with zero attached hydrogens (tertiary/aromatic N) is 2. The van der Waals surface area contributed by atoms with Crippen LogP contribution in [0.2, 0.25) is 0 Å². The van der Waals surface area contributed by atoms with Crippen LogP contribution in [0.1, 0.15) is 39.5 Å². The summed E-state index contributed by atoms with van der Waals surface area (Å²) >= 11 is 5.80. The standard InChI is InChI=1S/C29H26N4O5S/c1-17-14-20(9-10-21(17)31-25(34)16-37-2)33-27(26(32-29(33)39)22-8-3-4-13-30-22)24-12-11-23(38-24)18-6-5-7-19(15-18)28(35)36/h3-15,26-27H,16H2,1-2H3,(H,31,34)(H,32,39)(H,35,36)/t26-,27-/m1/s1. The second-order valence-corrected chi connectivity index (χ2v) is 9.45. The Hall–Kier alpha value is -4.54. The number of aromatic nitrogens is 1. The second-order valence-electron chi connectivity index (χ2n) is 9.06. The molecule has 1 fully saturated rings. The van der Waals surface area contributed by atoms with Crippen LogP contribution >= 0.6 is 12.2 Å². The van der Waals surface area contributed by atoms with E-state index in [2.05, 4.69) is 15.6 Å². The zero-order valence-electron chi connectivity index (χ0n) is 21.3. The van der Waals surface area contributed by atoms with Crippen LogP contribution in [0.15, 0.2) is 83.4 Å². The zero-order valence-corrected chi connectivity index (χ0v) is 22.1. The Balaban J connectivity index is 1.54. The smallest absolute Gasteiger partial charge is 0.335 e. The maximum absolute atomic E-state index is 12.0. The molecule has 2 aromatic carbocycles. The minimum absolute atomic E-state index is 0.0364. The van der Waals surface area contributed by atoms with Crippen molar-refractivity contribution in [3.8, 4) is 11.3 Å². The number of rotatable bonds is 8. The summed E-state index contributed by atoms with van der Waals surface area (Å²) in [6.07, 6.45) is 1.73. The van der Waals surface area contributed by atoms with E-state index < -0.39 is 12.0 Å². The van der Waals surface area contributed by atoms with Gasteiger partial charge in [0.15, 0.2) is 5.11 Å². The molecule has 0 spiro atoms. The van der Waals surface area contributed by atoms with Crippen LogP contribution in [0.5, 0.6) is 0 Å². The summed E-state index contributed by atoms with van der Waals surface area (Å²) in [7, 11) is 1.47. The SMILES string of the molecule is COCC(=O)Nc1ccc(N2C(=S)N[C@H](c3ccccn3)[C@H]2c2ccc(-c3cccc(C(=O)O)c3)o2)cc1C.